The molecular weight excluding hydrogens is 323 g/mol. The number of rotatable bonds is 3. The number of halogens is 3. The van der Waals surface area contributed by atoms with E-state index in [1.165, 1.54) is 11.5 Å². The van der Waals surface area contributed by atoms with Crippen LogP contribution in [0.4, 0.5) is 13.2 Å². The normalized spacial score (nSPS) is 12.5. The molecular formula is C16H18F3N3O2. The van der Waals surface area contributed by atoms with Crippen LogP contribution < -0.4 is 0 Å². The van der Waals surface area contributed by atoms with Crippen LogP contribution in [0.5, 0.6) is 0 Å². The number of pyridine rings is 1. The topological polar surface area (TPSA) is 68.0 Å². The first kappa shape index (κ1) is 18.0. The molecule has 2 heterocycles. The van der Waals surface area contributed by atoms with Gasteiger partial charge in [0.1, 0.15) is 5.82 Å². The molecule has 0 saturated carbocycles. The molecule has 5 nitrogen and oxygen atoms in total. The van der Waals surface area contributed by atoms with E-state index in [0.29, 0.717) is 11.5 Å². The summed E-state index contributed by atoms with van der Waals surface area (Å²) >= 11 is 0. The third kappa shape index (κ3) is 3.42. The largest absolute Gasteiger partial charge is 0.476 e. The van der Waals surface area contributed by atoms with Gasteiger partial charge in [0.05, 0.1) is 12.1 Å². The van der Waals surface area contributed by atoms with Crippen LogP contribution in [0.25, 0.3) is 0 Å². The number of hydrogen-bond donors (Lipinski definition) is 1. The Morgan fingerprint density at radius 2 is 1.92 bits per heavy atom. The van der Waals surface area contributed by atoms with Gasteiger partial charge in [-0.15, -0.1) is 0 Å². The molecule has 8 heteroatoms. The molecule has 0 atom stereocenters. The van der Waals surface area contributed by atoms with E-state index in [0.717, 1.165) is 18.5 Å². The zero-order chi connectivity index (χ0) is 18.3. The van der Waals surface area contributed by atoms with E-state index in [1.807, 2.05) is 20.8 Å². The molecule has 0 radical (unpaired) electrons. The SMILES string of the molecule is Cc1c(C(=O)O)nc(C(C)(C)C)n1Cc1cnccc1C(F)(F)F. The first-order valence-electron chi connectivity index (χ1n) is 7.24. The van der Waals surface area contributed by atoms with E-state index in [4.69, 9.17) is 0 Å². The number of imidazole rings is 1. The maximum atomic E-state index is 13.2. The summed E-state index contributed by atoms with van der Waals surface area (Å²) in [5, 5.41) is 9.25. The second kappa shape index (κ2) is 5.92. The van der Waals surface area contributed by atoms with Gasteiger partial charge in [-0.1, -0.05) is 20.8 Å². The number of carbonyl (C=O) groups is 1. The fraction of sp³-hybridized carbons (Fsp3) is 0.438. The summed E-state index contributed by atoms with van der Waals surface area (Å²) in [5.41, 5.74) is -1.20. The van der Waals surface area contributed by atoms with Crippen molar-refractivity contribution < 1.29 is 23.1 Å². The minimum atomic E-state index is -4.51. The molecule has 1 N–H and O–H groups in total. The standard InChI is InChI=1S/C16H18F3N3O2/c1-9-12(13(23)24)21-14(15(2,3)4)22(9)8-10-7-20-6-5-11(10)16(17,18)19/h5-7H,8H2,1-4H3,(H,23,24). The highest BCUT2D eigenvalue weighted by molar-refractivity contribution is 5.86. The molecule has 0 saturated heterocycles. The van der Waals surface area contributed by atoms with Crippen LogP contribution in [0.2, 0.25) is 0 Å². The molecule has 0 unspecified atom stereocenters. The summed E-state index contributed by atoms with van der Waals surface area (Å²) in [7, 11) is 0. The number of alkyl halides is 3. The number of aromatic nitrogens is 3. The van der Waals surface area contributed by atoms with Crippen molar-refractivity contribution in [3.8, 4) is 0 Å². The summed E-state index contributed by atoms with van der Waals surface area (Å²) in [6.45, 7) is 6.86. The fourth-order valence-corrected chi connectivity index (χ4v) is 2.50. The molecule has 0 amide bonds. The van der Waals surface area contributed by atoms with Gasteiger partial charge in [0, 0.05) is 29.1 Å². The van der Waals surface area contributed by atoms with Gasteiger partial charge >= 0.3 is 12.1 Å². The van der Waals surface area contributed by atoms with Gasteiger partial charge in [0.25, 0.3) is 0 Å². The smallest absolute Gasteiger partial charge is 0.416 e. The number of nitrogens with zero attached hydrogens (tertiary/aromatic N) is 3. The van der Waals surface area contributed by atoms with Crippen molar-refractivity contribution in [2.45, 2.75) is 45.8 Å². The molecule has 2 aromatic rings. The predicted molar refractivity (Wildman–Crippen MR) is 81.0 cm³/mol. The lowest BCUT2D eigenvalue weighted by Crippen LogP contribution is -2.21. The summed E-state index contributed by atoms with van der Waals surface area (Å²) in [6, 6.07) is 0.913. The minimum Gasteiger partial charge on any atom is -0.476 e. The molecule has 0 bridgehead atoms. The maximum Gasteiger partial charge on any atom is 0.416 e. The van der Waals surface area contributed by atoms with Gasteiger partial charge in [0.2, 0.25) is 0 Å². The van der Waals surface area contributed by atoms with E-state index < -0.39 is 23.1 Å². The first-order chi connectivity index (χ1) is 10.9. The van der Waals surface area contributed by atoms with Gasteiger partial charge in [-0.05, 0) is 13.0 Å². The lowest BCUT2D eigenvalue weighted by molar-refractivity contribution is -0.138. The van der Waals surface area contributed by atoms with Crippen molar-refractivity contribution in [3.63, 3.8) is 0 Å². The Morgan fingerprint density at radius 1 is 1.29 bits per heavy atom. The number of carboxylic acid groups (broad SMARTS) is 1. The summed E-state index contributed by atoms with van der Waals surface area (Å²) < 4.78 is 41.0. The van der Waals surface area contributed by atoms with Crippen molar-refractivity contribution in [3.05, 3.63) is 46.8 Å². The Morgan fingerprint density at radius 3 is 2.42 bits per heavy atom. The number of carboxylic acids is 1. The quantitative estimate of drug-likeness (QED) is 0.925. The lowest BCUT2D eigenvalue weighted by Gasteiger charge is -2.21. The summed E-state index contributed by atoms with van der Waals surface area (Å²) in [6.07, 6.45) is -2.28. The summed E-state index contributed by atoms with van der Waals surface area (Å²) in [5.74, 6) is -0.798. The molecule has 0 aliphatic carbocycles. The molecule has 0 aliphatic heterocycles. The lowest BCUT2D eigenvalue weighted by atomic mass is 9.95. The van der Waals surface area contributed by atoms with E-state index in [2.05, 4.69) is 9.97 Å². The van der Waals surface area contributed by atoms with Crippen molar-refractivity contribution in [2.24, 2.45) is 0 Å². The molecule has 24 heavy (non-hydrogen) atoms. The predicted octanol–water partition coefficient (Wildman–Crippen LogP) is 3.65. The monoisotopic (exact) mass is 341 g/mol. The van der Waals surface area contributed by atoms with Gasteiger partial charge in [-0.25, -0.2) is 9.78 Å². The molecule has 0 aliphatic rings. The van der Waals surface area contributed by atoms with Crippen molar-refractivity contribution >= 4 is 5.97 Å². The zero-order valence-corrected chi connectivity index (χ0v) is 13.8. The Hall–Kier alpha value is -2.38. The van der Waals surface area contributed by atoms with Crippen LogP contribution in [-0.2, 0) is 18.1 Å². The second-order valence-corrected chi connectivity index (χ2v) is 6.54. The number of aromatic carboxylic acids is 1. The van der Waals surface area contributed by atoms with Crippen LogP contribution in [0.3, 0.4) is 0 Å². The Bertz CT molecular complexity index is 774. The average molecular weight is 341 g/mol. The highest BCUT2D eigenvalue weighted by Crippen LogP contribution is 2.33. The van der Waals surface area contributed by atoms with E-state index in [9.17, 15) is 23.1 Å². The first-order valence-corrected chi connectivity index (χ1v) is 7.24. The third-order valence-electron chi connectivity index (χ3n) is 3.63. The van der Waals surface area contributed by atoms with Gasteiger partial charge in [-0.2, -0.15) is 13.2 Å². The molecule has 0 aromatic carbocycles. The average Bonchev–Trinajstić information content (AvgIpc) is 2.76. The Balaban J connectivity index is 2.61. The van der Waals surface area contributed by atoms with Crippen molar-refractivity contribution in [2.75, 3.05) is 0 Å². The molecule has 0 spiro atoms. The van der Waals surface area contributed by atoms with Crippen LogP contribution in [0, 0.1) is 6.92 Å². The van der Waals surface area contributed by atoms with Gasteiger partial charge in [-0.3, -0.25) is 4.98 Å². The molecule has 0 fully saturated rings. The Kier molecular flexibility index (Phi) is 4.43. The van der Waals surface area contributed by atoms with E-state index >= 15 is 0 Å². The second-order valence-electron chi connectivity index (χ2n) is 6.54. The number of hydrogen-bond acceptors (Lipinski definition) is 3. The van der Waals surface area contributed by atoms with Gasteiger partial charge in [0.15, 0.2) is 5.69 Å². The van der Waals surface area contributed by atoms with Crippen molar-refractivity contribution in [1.82, 2.24) is 14.5 Å². The van der Waals surface area contributed by atoms with E-state index in [-0.39, 0.29) is 17.8 Å². The highest BCUT2D eigenvalue weighted by atomic mass is 19.4. The third-order valence-corrected chi connectivity index (χ3v) is 3.63. The van der Waals surface area contributed by atoms with Crippen molar-refractivity contribution in [1.29, 1.82) is 0 Å². The van der Waals surface area contributed by atoms with E-state index in [1.54, 1.807) is 0 Å². The fourth-order valence-electron chi connectivity index (χ4n) is 2.50. The summed E-state index contributed by atoms with van der Waals surface area (Å²) in [4.78, 5) is 19.2. The van der Waals surface area contributed by atoms with Gasteiger partial charge < -0.3 is 9.67 Å². The highest BCUT2D eigenvalue weighted by Gasteiger charge is 2.34. The maximum absolute atomic E-state index is 13.2. The minimum absolute atomic E-state index is 0.0343. The molecule has 2 rings (SSSR count). The van der Waals surface area contributed by atoms with Crippen LogP contribution in [0.15, 0.2) is 18.5 Å². The zero-order valence-electron chi connectivity index (χ0n) is 13.8. The molecule has 2 aromatic heterocycles. The van der Waals surface area contributed by atoms with Crippen LogP contribution >= 0.6 is 0 Å². The van der Waals surface area contributed by atoms with Crippen LogP contribution in [0.1, 0.15) is 53.9 Å². The Labute approximate surface area is 137 Å². The van der Waals surface area contributed by atoms with Crippen LogP contribution in [-0.4, -0.2) is 25.6 Å². The molecule has 130 valence electrons.